The van der Waals surface area contributed by atoms with Crippen LogP contribution in [0.25, 0.3) is 5.69 Å². The van der Waals surface area contributed by atoms with Gasteiger partial charge in [-0.25, -0.2) is 0 Å². The molecule has 5 nitrogen and oxygen atoms in total. The zero-order valence-electron chi connectivity index (χ0n) is 14.7. The predicted molar refractivity (Wildman–Crippen MR) is 101 cm³/mol. The lowest BCUT2D eigenvalue weighted by molar-refractivity contribution is 0.102. The van der Waals surface area contributed by atoms with Crippen LogP contribution >= 0.6 is 0 Å². The average Bonchev–Trinajstić information content (AvgIpc) is 3.08. The van der Waals surface area contributed by atoms with E-state index < -0.39 is 0 Å². The first kappa shape index (κ1) is 17.3. The minimum atomic E-state index is -0.346. The second-order valence-electron chi connectivity index (χ2n) is 5.78. The van der Waals surface area contributed by atoms with Crippen LogP contribution in [-0.2, 0) is 0 Å². The van der Waals surface area contributed by atoms with Gasteiger partial charge in [-0.05, 0) is 44.2 Å². The van der Waals surface area contributed by atoms with E-state index in [1.54, 1.807) is 16.8 Å². The quantitative estimate of drug-likeness (QED) is 0.749. The number of carbonyl (C=O) groups is 1. The van der Waals surface area contributed by atoms with Gasteiger partial charge in [0.05, 0.1) is 17.9 Å². The number of ether oxygens (including phenoxy) is 1. The average molecular weight is 345 g/mol. The van der Waals surface area contributed by atoms with Gasteiger partial charge in [-0.3, -0.25) is 4.79 Å². The molecule has 3 aromatic rings. The van der Waals surface area contributed by atoms with Crippen molar-refractivity contribution in [2.75, 3.05) is 11.9 Å². The number of hydrogen-bond donors (Lipinski definition) is 1. The molecule has 3 rings (SSSR count). The number of aromatic nitrogens is 1. The van der Waals surface area contributed by atoms with Gasteiger partial charge < -0.3 is 14.6 Å². The lowest BCUT2D eigenvalue weighted by atomic mass is 10.2. The fourth-order valence-corrected chi connectivity index (χ4v) is 2.72. The van der Waals surface area contributed by atoms with Gasteiger partial charge in [0, 0.05) is 11.9 Å². The van der Waals surface area contributed by atoms with Gasteiger partial charge in [-0.15, -0.1) is 0 Å². The molecule has 0 radical (unpaired) electrons. The van der Waals surface area contributed by atoms with Crippen LogP contribution < -0.4 is 10.1 Å². The maximum absolute atomic E-state index is 12.9. The summed E-state index contributed by atoms with van der Waals surface area (Å²) in [5.74, 6) is 0.307. The Morgan fingerprint density at radius 3 is 2.58 bits per heavy atom. The molecule has 0 bridgehead atoms. The largest absolute Gasteiger partial charge is 0.492 e. The van der Waals surface area contributed by atoms with Gasteiger partial charge in [-0.2, -0.15) is 5.26 Å². The van der Waals surface area contributed by atoms with Crippen molar-refractivity contribution in [2.45, 2.75) is 13.8 Å². The van der Waals surface area contributed by atoms with E-state index in [0.29, 0.717) is 29.3 Å². The van der Waals surface area contributed by atoms with E-state index in [4.69, 9.17) is 4.74 Å². The van der Waals surface area contributed by atoms with E-state index in [1.165, 1.54) is 0 Å². The zero-order chi connectivity index (χ0) is 18.5. The summed E-state index contributed by atoms with van der Waals surface area (Å²) in [6.07, 6.45) is 1.71. The molecular weight excluding hydrogens is 326 g/mol. The molecule has 2 aromatic carbocycles. The number of carbonyl (C=O) groups excluding carboxylic acids is 1. The maximum Gasteiger partial charge on any atom is 0.274 e. The minimum absolute atomic E-state index is 0.278. The van der Waals surface area contributed by atoms with Gasteiger partial charge in [0.15, 0.2) is 0 Å². The van der Waals surface area contributed by atoms with Crippen LogP contribution in [0.5, 0.6) is 5.75 Å². The fraction of sp³-hybridized carbons (Fsp3) is 0.143. The summed E-state index contributed by atoms with van der Waals surface area (Å²) in [5.41, 5.74) is 3.08. The molecule has 1 aromatic heterocycles. The highest BCUT2D eigenvalue weighted by Crippen LogP contribution is 2.26. The number of para-hydroxylation sites is 2. The molecule has 0 unspecified atom stereocenters. The summed E-state index contributed by atoms with van der Waals surface area (Å²) in [5, 5.41) is 12.3. The molecule has 0 saturated carbocycles. The van der Waals surface area contributed by atoms with Crippen molar-refractivity contribution in [1.29, 1.82) is 5.26 Å². The maximum atomic E-state index is 12.9. The van der Waals surface area contributed by atoms with E-state index in [0.717, 1.165) is 5.56 Å². The highest BCUT2D eigenvalue weighted by Gasteiger charge is 2.20. The lowest BCUT2D eigenvalue weighted by Crippen LogP contribution is -2.18. The molecule has 0 fully saturated rings. The number of rotatable bonds is 5. The van der Waals surface area contributed by atoms with Crippen LogP contribution in [0.4, 0.5) is 5.69 Å². The van der Waals surface area contributed by atoms with Crippen molar-refractivity contribution >= 4 is 11.6 Å². The summed E-state index contributed by atoms with van der Waals surface area (Å²) in [6, 6.07) is 18.7. The molecule has 1 heterocycles. The second-order valence-corrected chi connectivity index (χ2v) is 5.78. The molecular formula is C21H19N3O2. The van der Waals surface area contributed by atoms with Crippen molar-refractivity contribution in [3.05, 3.63) is 77.6 Å². The monoisotopic (exact) mass is 345 g/mol. The Hall–Kier alpha value is -3.52. The second kappa shape index (κ2) is 7.58. The van der Waals surface area contributed by atoms with Crippen molar-refractivity contribution < 1.29 is 9.53 Å². The van der Waals surface area contributed by atoms with Crippen LogP contribution in [0.2, 0.25) is 0 Å². The van der Waals surface area contributed by atoms with Gasteiger partial charge in [0.1, 0.15) is 17.5 Å². The molecule has 130 valence electrons. The highest BCUT2D eigenvalue weighted by molar-refractivity contribution is 6.05. The molecule has 0 spiro atoms. The van der Waals surface area contributed by atoms with E-state index >= 15 is 0 Å². The summed E-state index contributed by atoms with van der Waals surface area (Å²) in [4.78, 5) is 12.9. The number of nitrogens with one attached hydrogen (secondary N) is 1. The normalized spacial score (nSPS) is 10.2. The SMILES string of the molecule is CCOc1ccccc1-n1ccc(C#N)c1C(=O)Nc1ccc(C)cc1. The Kier molecular flexibility index (Phi) is 5.04. The van der Waals surface area contributed by atoms with Crippen molar-refractivity contribution in [3.8, 4) is 17.5 Å². The third-order valence-corrected chi connectivity index (χ3v) is 3.96. The van der Waals surface area contributed by atoms with Crippen LogP contribution in [-0.4, -0.2) is 17.1 Å². The van der Waals surface area contributed by atoms with E-state index in [-0.39, 0.29) is 11.6 Å². The number of benzene rings is 2. The highest BCUT2D eigenvalue weighted by atomic mass is 16.5. The smallest absolute Gasteiger partial charge is 0.274 e. The van der Waals surface area contributed by atoms with Gasteiger partial charge in [0.2, 0.25) is 0 Å². The molecule has 1 N–H and O–H groups in total. The molecule has 1 amide bonds. The summed E-state index contributed by atoms with van der Waals surface area (Å²) in [6.45, 7) is 4.39. The van der Waals surface area contributed by atoms with Crippen molar-refractivity contribution in [1.82, 2.24) is 4.57 Å². The Morgan fingerprint density at radius 2 is 1.88 bits per heavy atom. The van der Waals surface area contributed by atoms with Crippen LogP contribution in [0.15, 0.2) is 60.8 Å². The zero-order valence-corrected chi connectivity index (χ0v) is 14.7. The Morgan fingerprint density at radius 1 is 1.15 bits per heavy atom. The molecule has 0 aliphatic rings. The summed E-state index contributed by atoms with van der Waals surface area (Å²) in [7, 11) is 0. The Balaban J connectivity index is 2.02. The lowest BCUT2D eigenvalue weighted by Gasteiger charge is -2.14. The number of nitriles is 1. The number of hydrogen-bond acceptors (Lipinski definition) is 3. The topological polar surface area (TPSA) is 67.0 Å². The predicted octanol–water partition coefficient (Wildman–Crippen LogP) is 4.31. The molecule has 0 aliphatic carbocycles. The van der Waals surface area contributed by atoms with Gasteiger partial charge >= 0.3 is 0 Å². The third kappa shape index (κ3) is 3.45. The van der Waals surface area contributed by atoms with Crippen LogP contribution in [0.1, 0.15) is 28.5 Å². The molecule has 5 heteroatoms. The molecule has 26 heavy (non-hydrogen) atoms. The number of amides is 1. The third-order valence-electron chi connectivity index (χ3n) is 3.96. The standard InChI is InChI=1S/C21H19N3O2/c1-3-26-19-7-5-4-6-18(19)24-13-12-16(14-22)20(24)21(25)23-17-10-8-15(2)9-11-17/h4-13H,3H2,1-2H3,(H,23,25). The number of anilines is 1. The van der Waals surface area contributed by atoms with Crippen molar-refractivity contribution in [2.24, 2.45) is 0 Å². The van der Waals surface area contributed by atoms with Gasteiger partial charge in [-0.1, -0.05) is 29.8 Å². The van der Waals surface area contributed by atoms with Crippen LogP contribution in [0.3, 0.4) is 0 Å². The molecule has 0 atom stereocenters. The number of aryl methyl sites for hydroxylation is 1. The molecule has 0 aliphatic heterocycles. The Bertz CT molecular complexity index is 966. The first-order valence-electron chi connectivity index (χ1n) is 8.35. The molecule has 0 saturated heterocycles. The Labute approximate surface area is 152 Å². The van der Waals surface area contributed by atoms with Gasteiger partial charge in [0.25, 0.3) is 5.91 Å². The summed E-state index contributed by atoms with van der Waals surface area (Å²) < 4.78 is 7.35. The van der Waals surface area contributed by atoms with E-state index in [2.05, 4.69) is 11.4 Å². The number of nitrogens with zero attached hydrogens (tertiary/aromatic N) is 2. The first-order chi connectivity index (χ1) is 12.6. The van der Waals surface area contributed by atoms with E-state index in [1.807, 2.05) is 62.4 Å². The van der Waals surface area contributed by atoms with Crippen LogP contribution in [0, 0.1) is 18.3 Å². The summed E-state index contributed by atoms with van der Waals surface area (Å²) >= 11 is 0. The van der Waals surface area contributed by atoms with Crippen molar-refractivity contribution in [3.63, 3.8) is 0 Å². The fourth-order valence-electron chi connectivity index (χ4n) is 2.72. The first-order valence-corrected chi connectivity index (χ1v) is 8.35. The van der Waals surface area contributed by atoms with E-state index in [9.17, 15) is 10.1 Å². The minimum Gasteiger partial charge on any atom is -0.492 e.